The van der Waals surface area contributed by atoms with Crippen molar-refractivity contribution in [1.29, 1.82) is 0 Å². The zero-order chi connectivity index (χ0) is 27.1. The third kappa shape index (κ3) is 7.41. The first kappa shape index (κ1) is 27.8. The second kappa shape index (κ2) is 12.5. The van der Waals surface area contributed by atoms with Crippen LogP contribution >= 0.6 is 34.8 Å². The lowest BCUT2D eigenvalue weighted by Crippen LogP contribution is -2.30. The van der Waals surface area contributed by atoms with Crippen LogP contribution in [0.3, 0.4) is 0 Å². The number of benzene rings is 3. The predicted molar refractivity (Wildman–Crippen MR) is 152 cm³/mol. The second-order valence-corrected chi connectivity index (χ2v) is 11.1. The smallest absolute Gasteiger partial charge is 0.261 e. The van der Waals surface area contributed by atoms with Crippen molar-refractivity contribution in [2.24, 2.45) is 0 Å². The van der Waals surface area contributed by atoms with Crippen molar-refractivity contribution in [2.45, 2.75) is 11.3 Å². The van der Waals surface area contributed by atoms with Gasteiger partial charge in [-0.15, -0.1) is 0 Å². The molecule has 0 atom stereocenters. The molecule has 0 aliphatic heterocycles. The lowest BCUT2D eigenvalue weighted by atomic mass is 10.2. The molecule has 0 bridgehead atoms. The molecule has 0 aliphatic carbocycles. The van der Waals surface area contributed by atoms with Crippen LogP contribution in [0, 0.1) is 0 Å². The summed E-state index contributed by atoms with van der Waals surface area (Å²) < 4.78 is 33.2. The molecule has 3 aromatic carbocycles. The Bertz CT molecular complexity index is 1550. The van der Waals surface area contributed by atoms with E-state index in [1.165, 1.54) is 18.2 Å². The zero-order valence-corrected chi connectivity index (χ0v) is 23.0. The molecule has 12 heteroatoms. The van der Waals surface area contributed by atoms with Crippen molar-refractivity contribution in [3.63, 3.8) is 0 Å². The van der Waals surface area contributed by atoms with Crippen LogP contribution in [-0.4, -0.2) is 39.0 Å². The summed E-state index contributed by atoms with van der Waals surface area (Å²) in [6.45, 7) is 0.804. The number of pyridine rings is 1. The SMILES string of the molecule is O=C(COc1ccc(S(=O)(=O)Nc2ccc(Cl)cc2)cc1Cl)NCCCNc1ccnc2cc(Cl)ccc12. The highest BCUT2D eigenvalue weighted by Gasteiger charge is 2.17. The van der Waals surface area contributed by atoms with Gasteiger partial charge >= 0.3 is 0 Å². The van der Waals surface area contributed by atoms with Crippen LogP contribution in [-0.2, 0) is 14.8 Å². The van der Waals surface area contributed by atoms with Gasteiger partial charge in [-0.3, -0.25) is 14.5 Å². The van der Waals surface area contributed by atoms with E-state index in [-0.39, 0.29) is 28.2 Å². The first-order valence-electron chi connectivity index (χ1n) is 11.5. The Kier molecular flexibility index (Phi) is 9.17. The molecule has 0 unspecified atom stereocenters. The number of halogens is 3. The molecule has 0 spiro atoms. The zero-order valence-electron chi connectivity index (χ0n) is 19.9. The minimum Gasteiger partial charge on any atom is -0.482 e. The van der Waals surface area contributed by atoms with Gasteiger partial charge in [0.2, 0.25) is 0 Å². The fraction of sp³-hybridized carbons (Fsp3) is 0.154. The molecule has 1 heterocycles. The summed E-state index contributed by atoms with van der Waals surface area (Å²) in [6.07, 6.45) is 2.39. The number of anilines is 2. The molecule has 4 rings (SSSR count). The molecular formula is C26H23Cl3N4O4S. The molecule has 3 N–H and O–H groups in total. The number of amides is 1. The fourth-order valence-corrected chi connectivity index (χ4v) is 5.18. The predicted octanol–water partition coefficient (Wildman–Crippen LogP) is 5.99. The molecule has 198 valence electrons. The number of nitrogens with one attached hydrogen (secondary N) is 3. The first-order chi connectivity index (χ1) is 18.2. The number of ether oxygens (including phenoxy) is 1. The molecule has 0 saturated heterocycles. The first-order valence-corrected chi connectivity index (χ1v) is 14.1. The lowest BCUT2D eigenvalue weighted by molar-refractivity contribution is -0.123. The van der Waals surface area contributed by atoms with Gasteiger partial charge in [-0.05, 0) is 73.2 Å². The van der Waals surface area contributed by atoms with E-state index < -0.39 is 10.0 Å². The molecule has 38 heavy (non-hydrogen) atoms. The summed E-state index contributed by atoms with van der Waals surface area (Å²) in [5.41, 5.74) is 2.09. The molecule has 0 fully saturated rings. The van der Waals surface area contributed by atoms with E-state index in [4.69, 9.17) is 39.5 Å². The maximum Gasteiger partial charge on any atom is 0.261 e. The Hall–Kier alpha value is -3.24. The van der Waals surface area contributed by atoms with Crippen molar-refractivity contribution in [3.8, 4) is 5.75 Å². The number of carbonyl (C=O) groups is 1. The normalized spacial score (nSPS) is 11.2. The molecule has 0 saturated carbocycles. The van der Waals surface area contributed by atoms with E-state index in [2.05, 4.69) is 20.3 Å². The highest BCUT2D eigenvalue weighted by Crippen LogP contribution is 2.28. The Morgan fingerprint density at radius 2 is 1.66 bits per heavy atom. The summed E-state index contributed by atoms with van der Waals surface area (Å²) in [5.74, 6) is -0.134. The second-order valence-electron chi connectivity index (χ2n) is 8.14. The third-order valence-corrected chi connectivity index (χ3v) is 7.53. The van der Waals surface area contributed by atoms with E-state index in [1.807, 2.05) is 18.2 Å². The summed E-state index contributed by atoms with van der Waals surface area (Å²) in [5, 5.41) is 8.26. The maximum atomic E-state index is 12.6. The highest BCUT2D eigenvalue weighted by molar-refractivity contribution is 7.92. The van der Waals surface area contributed by atoms with Gasteiger partial charge < -0.3 is 15.4 Å². The number of aromatic nitrogens is 1. The quantitative estimate of drug-likeness (QED) is 0.184. The van der Waals surface area contributed by atoms with Crippen molar-refractivity contribution in [1.82, 2.24) is 10.3 Å². The van der Waals surface area contributed by atoms with Gasteiger partial charge in [0.15, 0.2) is 6.61 Å². The van der Waals surface area contributed by atoms with Gasteiger partial charge in [0.05, 0.1) is 15.4 Å². The number of sulfonamides is 1. The molecule has 1 amide bonds. The van der Waals surface area contributed by atoms with Gasteiger partial charge in [-0.2, -0.15) is 0 Å². The number of carbonyl (C=O) groups excluding carboxylic acids is 1. The fourth-order valence-electron chi connectivity index (χ4n) is 3.51. The van der Waals surface area contributed by atoms with Crippen LogP contribution < -0.4 is 20.1 Å². The lowest BCUT2D eigenvalue weighted by Gasteiger charge is -2.12. The Morgan fingerprint density at radius 3 is 2.42 bits per heavy atom. The minimum absolute atomic E-state index is 0.0492. The van der Waals surface area contributed by atoms with Crippen molar-refractivity contribution < 1.29 is 17.9 Å². The standard InChI is InChI=1S/C26H23Cl3N4O4S/c27-17-2-5-19(6-3-17)33-38(35,36)20-7-9-25(22(29)15-20)37-16-26(34)32-12-1-11-30-23-10-13-31-24-14-18(28)4-8-21(23)24/h2-10,13-15,33H,1,11-12,16H2,(H,30,31)(H,32,34). The topological polar surface area (TPSA) is 109 Å². The van der Waals surface area contributed by atoms with Gasteiger partial charge in [0.1, 0.15) is 5.75 Å². The van der Waals surface area contributed by atoms with E-state index in [0.717, 1.165) is 16.6 Å². The summed E-state index contributed by atoms with van der Waals surface area (Å²) in [4.78, 5) is 16.5. The number of rotatable bonds is 11. The number of fused-ring (bicyclic) bond motifs is 1. The average Bonchev–Trinajstić information content (AvgIpc) is 2.88. The summed E-state index contributed by atoms with van der Waals surface area (Å²) in [7, 11) is -3.88. The van der Waals surface area contributed by atoms with Crippen LogP contribution in [0.1, 0.15) is 6.42 Å². The molecular weight excluding hydrogens is 571 g/mol. The van der Waals surface area contributed by atoms with Gasteiger partial charge in [0.25, 0.3) is 15.9 Å². The number of hydrogen-bond acceptors (Lipinski definition) is 6. The van der Waals surface area contributed by atoms with Gasteiger partial charge in [0, 0.05) is 46.1 Å². The van der Waals surface area contributed by atoms with E-state index in [9.17, 15) is 13.2 Å². The molecule has 1 aromatic heterocycles. The van der Waals surface area contributed by atoms with E-state index in [1.54, 1.807) is 36.5 Å². The van der Waals surface area contributed by atoms with E-state index >= 15 is 0 Å². The average molecular weight is 594 g/mol. The van der Waals surface area contributed by atoms with Crippen LogP contribution in [0.4, 0.5) is 11.4 Å². The van der Waals surface area contributed by atoms with Crippen molar-refractivity contribution in [2.75, 3.05) is 29.7 Å². The summed E-state index contributed by atoms with van der Waals surface area (Å²) in [6, 6.07) is 17.7. The van der Waals surface area contributed by atoms with Crippen LogP contribution in [0.5, 0.6) is 5.75 Å². The van der Waals surface area contributed by atoms with Gasteiger partial charge in [-0.1, -0.05) is 34.8 Å². The summed E-state index contributed by atoms with van der Waals surface area (Å²) >= 11 is 18.1. The minimum atomic E-state index is -3.88. The Balaban J connectivity index is 1.22. The van der Waals surface area contributed by atoms with Crippen molar-refractivity contribution >= 4 is 73.0 Å². The Morgan fingerprint density at radius 1 is 0.895 bits per heavy atom. The monoisotopic (exact) mass is 592 g/mol. The van der Waals surface area contributed by atoms with Crippen LogP contribution in [0.2, 0.25) is 15.1 Å². The highest BCUT2D eigenvalue weighted by atomic mass is 35.5. The number of nitrogens with zero attached hydrogens (tertiary/aromatic N) is 1. The largest absolute Gasteiger partial charge is 0.482 e. The Labute approximate surface area is 235 Å². The van der Waals surface area contributed by atoms with E-state index in [0.29, 0.717) is 35.2 Å². The maximum absolute atomic E-state index is 12.6. The molecule has 0 radical (unpaired) electrons. The van der Waals surface area contributed by atoms with Crippen molar-refractivity contribution in [3.05, 3.63) is 88.0 Å². The number of hydrogen-bond donors (Lipinski definition) is 3. The van der Waals surface area contributed by atoms with Crippen LogP contribution in [0.15, 0.2) is 77.8 Å². The molecule has 4 aromatic rings. The third-order valence-electron chi connectivity index (χ3n) is 5.36. The van der Waals surface area contributed by atoms with Crippen LogP contribution in [0.25, 0.3) is 10.9 Å². The van der Waals surface area contributed by atoms with Gasteiger partial charge in [-0.25, -0.2) is 8.42 Å². The molecule has 0 aliphatic rings. The molecule has 8 nitrogen and oxygen atoms in total.